The van der Waals surface area contributed by atoms with E-state index in [0.717, 1.165) is 11.1 Å². The number of rotatable bonds is 3. The summed E-state index contributed by atoms with van der Waals surface area (Å²) in [5, 5.41) is 0. The highest BCUT2D eigenvalue weighted by molar-refractivity contribution is 7.98. The van der Waals surface area contributed by atoms with Crippen molar-refractivity contribution in [2.45, 2.75) is 11.8 Å². The number of benzene rings is 1. The molecule has 20 heavy (non-hydrogen) atoms. The van der Waals surface area contributed by atoms with Crippen molar-refractivity contribution in [1.29, 1.82) is 0 Å². The van der Waals surface area contributed by atoms with Crippen molar-refractivity contribution in [1.82, 2.24) is 0 Å². The van der Waals surface area contributed by atoms with Crippen LogP contribution in [0.5, 0.6) is 0 Å². The summed E-state index contributed by atoms with van der Waals surface area (Å²) in [6.45, 7) is 1.96. The van der Waals surface area contributed by atoms with Crippen LogP contribution in [0.4, 0.5) is 0 Å². The fourth-order valence-corrected chi connectivity index (χ4v) is 2.46. The monoisotopic (exact) mass is 290 g/mol. The van der Waals surface area contributed by atoms with Gasteiger partial charge in [-0.1, -0.05) is 23.8 Å². The van der Waals surface area contributed by atoms with Crippen LogP contribution in [0.25, 0.3) is 11.3 Å². The zero-order valence-corrected chi connectivity index (χ0v) is 12.2. The summed E-state index contributed by atoms with van der Waals surface area (Å²) in [5.41, 5.74) is 1.12. The van der Waals surface area contributed by atoms with E-state index in [1.807, 2.05) is 31.2 Å². The van der Waals surface area contributed by atoms with Crippen molar-refractivity contribution in [3.8, 4) is 11.3 Å². The normalized spacial score (nSPS) is 10.3. The molecule has 0 aliphatic heterocycles. The average Bonchev–Trinajstić information content (AvgIpc) is 2.45. The SMILES string of the molecule is COC(=O)c1c(SC)cc(-c2cccc(C)c2)oc1=O. The topological polar surface area (TPSA) is 56.5 Å². The molecule has 2 rings (SSSR count). The van der Waals surface area contributed by atoms with Gasteiger partial charge in [0.25, 0.3) is 0 Å². The van der Waals surface area contributed by atoms with Crippen LogP contribution in [0.15, 0.2) is 44.4 Å². The van der Waals surface area contributed by atoms with Gasteiger partial charge < -0.3 is 9.15 Å². The first-order chi connectivity index (χ1) is 9.56. The number of ether oxygens (including phenoxy) is 1. The molecule has 0 bridgehead atoms. The summed E-state index contributed by atoms with van der Waals surface area (Å²) in [4.78, 5) is 24.2. The largest absolute Gasteiger partial charge is 0.465 e. The van der Waals surface area contributed by atoms with Gasteiger partial charge in [-0.15, -0.1) is 11.8 Å². The first kappa shape index (κ1) is 14.4. The van der Waals surface area contributed by atoms with E-state index in [1.165, 1.54) is 18.9 Å². The second kappa shape index (κ2) is 5.96. The van der Waals surface area contributed by atoms with Crippen LogP contribution in [0.1, 0.15) is 15.9 Å². The first-order valence-corrected chi connectivity index (χ1v) is 7.16. The number of hydrogen-bond acceptors (Lipinski definition) is 5. The highest BCUT2D eigenvalue weighted by Gasteiger charge is 2.19. The molecule has 0 saturated heterocycles. The number of carbonyl (C=O) groups excluding carboxylic acids is 1. The van der Waals surface area contributed by atoms with Crippen molar-refractivity contribution in [3.05, 3.63) is 51.9 Å². The van der Waals surface area contributed by atoms with Crippen LogP contribution >= 0.6 is 11.8 Å². The van der Waals surface area contributed by atoms with Gasteiger partial charge in [0.15, 0.2) is 5.56 Å². The van der Waals surface area contributed by atoms with Gasteiger partial charge in [0.2, 0.25) is 0 Å². The lowest BCUT2D eigenvalue weighted by molar-refractivity contribution is 0.0591. The van der Waals surface area contributed by atoms with E-state index >= 15 is 0 Å². The number of esters is 1. The van der Waals surface area contributed by atoms with Crippen LogP contribution in [-0.4, -0.2) is 19.3 Å². The molecule has 0 N–H and O–H groups in total. The first-order valence-electron chi connectivity index (χ1n) is 5.94. The van der Waals surface area contributed by atoms with Crippen molar-refractivity contribution in [2.75, 3.05) is 13.4 Å². The molecule has 5 heteroatoms. The number of thioether (sulfide) groups is 1. The van der Waals surface area contributed by atoms with Crippen molar-refractivity contribution >= 4 is 17.7 Å². The minimum atomic E-state index is -0.682. The third-order valence-electron chi connectivity index (χ3n) is 2.83. The Morgan fingerprint density at radius 2 is 2.05 bits per heavy atom. The van der Waals surface area contributed by atoms with Gasteiger partial charge in [-0.2, -0.15) is 0 Å². The van der Waals surface area contributed by atoms with Crippen LogP contribution in [0.2, 0.25) is 0 Å². The van der Waals surface area contributed by atoms with Gasteiger partial charge in [0.1, 0.15) is 5.76 Å². The Morgan fingerprint density at radius 3 is 2.65 bits per heavy atom. The lowest BCUT2D eigenvalue weighted by Crippen LogP contribution is -2.17. The molecule has 2 aromatic rings. The van der Waals surface area contributed by atoms with Gasteiger partial charge in [-0.25, -0.2) is 9.59 Å². The number of hydrogen-bond donors (Lipinski definition) is 0. The molecule has 1 aromatic heterocycles. The Kier molecular flexibility index (Phi) is 4.29. The summed E-state index contributed by atoms with van der Waals surface area (Å²) in [6, 6.07) is 9.30. The Bertz CT molecular complexity index is 703. The number of methoxy groups -OCH3 is 1. The summed E-state index contributed by atoms with van der Waals surface area (Å²) in [6.07, 6.45) is 1.79. The van der Waals surface area contributed by atoms with Crippen LogP contribution < -0.4 is 5.63 Å². The molecule has 1 heterocycles. The third kappa shape index (κ3) is 2.77. The van der Waals surface area contributed by atoms with E-state index in [4.69, 9.17) is 4.42 Å². The third-order valence-corrected chi connectivity index (χ3v) is 3.59. The maximum absolute atomic E-state index is 12.0. The molecule has 0 atom stereocenters. The molecule has 0 saturated carbocycles. The second-order valence-electron chi connectivity index (χ2n) is 4.20. The minimum Gasteiger partial charge on any atom is -0.465 e. The highest BCUT2D eigenvalue weighted by Crippen LogP contribution is 2.26. The molecule has 0 spiro atoms. The summed E-state index contributed by atoms with van der Waals surface area (Å²) in [5.74, 6) is -0.241. The number of carbonyl (C=O) groups is 1. The standard InChI is InChI=1S/C15H14O4S/c1-9-5-4-6-10(7-9)11-8-12(20-3)13(14(16)18-2)15(17)19-11/h4-8H,1-3H3. The second-order valence-corrected chi connectivity index (χ2v) is 5.05. The molecule has 0 fully saturated rings. The molecule has 0 radical (unpaired) electrons. The quantitative estimate of drug-likeness (QED) is 0.642. The number of aryl methyl sites for hydroxylation is 1. The van der Waals surface area contributed by atoms with Gasteiger partial charge in [0.05, 0.1) is 7.11 Å². The predicted molar refractivity (Wildman–Crippen MR) is 78.3 cm³/mol. The van der Waals surface area contributed by atoms with Crippen LogP contribution in [0, 0.1) is 6.92 Å². The predicted octanol–water partition coefficient (Wildman–Crippen LogP) is 3.12. The van der Waals surface area contributed by atoms with E-state index in [2.05, 4.69) is 4.74 Å². The highest BCUT2D eigenvalue weighted by atomic mass is 32.2. The van der Waals surface area contributed by atoms with Crippen molar-refractivity contribution in [2.24, 2.45) is 0 Å². The molecular formula is C15H14O4S. The minimum absolute atomic E-state index is 0.0589. The van der Waals surface area contributed by atoms with Gasteiger partial charge in [-0.3, -0.25) is 0 Å². The molecule has 1 aromatic carbocycles. The van der Waals surface area contributed by atoms with E-state index in [-0.39, 0.29) is 5.56 Å². The molecule has 0 aliphatic carbocycles. The Labute approximate surface area is 120 Å². The summed E-state index contributed by atoms with van der Waals surface area (Å²) < 4.78 is 9.86. The smallest absolute Gasteiger partial charge is 0.352 e. The van der Waals surface area contributed by atoms with Gasteiger partial charge in [-0.05, 0) is 25.3 Å². The zero-order valence-electron chi connectivity index (χ0n) is 11.4. The summed E-state index contributed by atoms with van der Waals surface area (Å²) in [7, 11) is 1.24. The lowest BCUT2D eigenvalue weighted by atomic mass is 10.1. The fraction of sp³-hybridized carbons (Fsp3) is 0.200. The lowest BCUT2D eigenvalue weighted by Gasteiger charge is -2.07. The summed E-state index contributed by atoms with van der Waals surface area (Å²) >= 11 is 1.31. The Morgan fingerprint density at radius 1 is 1.30 bits per heavy atom. The van der Waals surface area contributed by atoms with Crippen molar-refractivity contribution < 1.29 is 13.9 Å². The maximum Gasteiger partial charge on any atom is 0.352 e. The van der Waals surface area contributed by atoms with E-state index in [1.54, 1.807) is 12.3 Å². The molecular weight excluding hydrogens is 276 g/mol. The van der Waals surface area contributed by atoms with E-state index < -0.39 is 11.6 Å². The van der Waals surface area contributed by atoms with E-state index in [0.29, 0.717) is 10.7 Å². The van der Waals surface area contributed by atoms with Gasteiger partial charge in [0, 0.05) is 10.5 Å². The Balaban J connectivity index is 2.62. The molecule has 4 nitrogen and oxygen atoms in total. The maximum atomic E-state index is 12.0. The van der Waals surface area contributed by atoms with Gasteiger partial charge >= 0.3 is 11.6 Å². The van der Waals surface area contributed by atoms with Crippen LogP contribution in [0.3, 0.4) is 0 Å². The molecule has 0 amide bonds. The van der Waals surface area contributed by atoms with Crippen LogP contribution in [-0.2, 0) is 4.74 Å². The fourth-order valence-electron chi connectivity index (χ4n) is 1.86. The molecule has 104 valence electrons. The van der Waals surface area contributed by atoms with E-state index in [9.17, 15) is 9.59 Å². The molecule has 0 aliphatic rings. The zero-order chi connectivity index (χ0) is 14.7. The van der Waals surface area contributed by atoms with Crippen molar-refractivity contribution in [3.63, 3.8) is 0 Å². The molecule has 0 unspecified atom stereocenters. The average molecular weight is 290 g/mol. The Hall–Kier alpha value is -2.01.